The lowest BCUT2D eigenvalue weighted by Crippen LogP contribution is -2.21. The first-order valence-corrected chi connectivity index (χ1v) is 7.10. The lowest BCUT2D eigenvalue weighted by molar-refractivity contribution is -0.133. The van der Waals surface area contributed by atoms with Crippen LogP contribution in [0.1, 0.15) is 18.4 Å². The smallest absolute Gasteiger partial charge is 0.390 e. The van der Waals surface area contributed by atoms with Crippen LogP contribution in [0.3, 0.4) is 0 Å². The molecule has 1 aliphatic rings. The molecule has 0 spiro atoms. The van der Waals surface area contributed by atoms with Gasteiger partial charge in [0.2, 0.25) is 0 Å². The molecule has 0 saturated heterocycles. The summed E-state index contributed by atoms with van der Waals surface area (Å²) in [5.74, 6) is 1.28. The molecule has 0 bridgehead atoms. The Labute approximate surface area is 123 Å². The van der Waals surface area contributed by atoms with Gasteiger partial charge in [-0.2, -0.15) is 13.2 Å². The molecule has 0 amide bonds. The fourth-order valence-corrected chi connectivity index (χ4v) is 2.45. The van der Waals surface area contributed by atoms with E-state index in [1.54, 1.807) is 6.07 Å². The van der Waals surface area contributed by atoms with Gasteiger partial charge < -0.3 is 14.8 Å². The van der Waals surface area contributed by atoms with Crippen molar-refractivity contribution in [1.29, 1.82) is 0 Å². The monoisotopic (exact) mass is 353 g/mol. The average Bonchev–Trinajstić information content (AvgIpc) is 2.59. The number of rotatable bonds is 4. The molecule has 7 heteroatoms. The summed E-state index contributed by atoms with van der Waals surface area (Å²) in [5, 5.41) is 2.77. The average molecular weight is 354 g/mol. The van der Waals surface area contributed by atoms with E-state index < -0.39 is 12.6 Å². The van der Waals surface area contributed by atoms with Crippen LogP contribution in [0.5, 0.6) is 11.5 Å². The van der Waals surface area contributed by atoms with Crippen LogP contribution in [0.15, 0.2) is 16.6 Å². The van der Waals surface area contributed by atoms with Crippen LogP contribution in [0.25, 0.3) is 0 Å². The van der Waals surface area contributed by atoms with Gasteiger partial charge >= 0.3 is 6.18 Å². The second kappa shape index (κ2) is 6.67. The fourth-order valence-electron chi connectivity index (χ4n) is 1.85. The number of hydrogen-bond donors (Lipinski definition) is 1. The summed E-state index contributed by atoms with van der Waals surface area (Å²) in [4.78, 5) is 0. The molecule has 0 unspecified atom stereocenters. The largest absolute Gasteiger partial charge is 0.490 e. The van der Waals surface area contributed by atoms with Gasteiger partial charge in [-0.05, 0) is 33.6 Å². The molecular weight excluding hydrogens is 339 g/mol. The van der Waals surface area contributed by atoms with E-state index in [-0.39, 0.29) is 6.54 Å². The van der Waals surface area contributed by atoms with Crippen molar-refractivity contribution in [3.8, 4) is 11.5 Å². The van der Waals surface area contributed by atoms with Crippen molar-refractivity contribution in [1.82, 2.24) is 5.32 Å². The second-order valence-corrected chi connectivity index (χ2v) is 5.35. The Hall–Kier alpha value is -0.950. The SMILES string of the molecule is FC(F)(F)CCNCc1cc(Br)c2c(c1)OCCCO2. The first-order valence-electron chi connectivity index (χ1n) is 6.31. The zero-order valence-corrected chi connectivity index (χ0v) is 12.3. The van der Waals surface area contributed by atoms with Gasteiger partial charge in [0.1, 0.15) is 0 Å². The van der Waals surface area contributed by atoms with Crippen LogP contribution in [-0.4, -0.2) is 25.9 Å². The Balaban J connectivity index is 1.96. The van der Waals surface area contributed by atoms with E-state index in [4.69, 9.17) is 9.47 Å². The van der Waals surface area contributed by atoms with E-state index in [1.165, 1.54) is 0 Å². The van der Waals surface area contributed by atoms with E-state index in [0.717, 1.165) is 16.5 Å². The molecule has 112 valence electrons. The standard InChI is InChI=1S/C13H15BrF3NO2/c14-10-6-9(8-18-3-2-13(15,16)17)7-11-12(10)20-5-1-4-19-11/h6-7,18H,1-5,8H2. The van der Waals surface area contributed by atoms with Crippen LogP contribution in [0, 0.1) is 0 Å². The highest BCUT2D eigenvalue weighted by molar-refractivity contribution is 9.10. The first kappa shape index (κ1) is 15.4. The van der Waals surface area contributed by atoms with Crippen LogP contribution < -0.4 is 14.8 Å². The van der Waals surface area contributed by atoms with E-state index in [1.807, 2.05) is 6.07 Å². The molecule has 1 heterocycles. The summed E-state index contributed by atoms with van der Waals surface area (Å²) in [5.41, 5.74) is 0.850. The Morgan fingerprint density at radius 3 is 2.70 bits per heavy atom. The summed E-state index contributed by atoms with van der Waals surface area (Å²) in [6.45, 7) is 1.42. The van der Waals surface area contributed by atoms with Crippen LogP contribution in [-0.2, 0) is 6.54 Å². The second-order valence-electron chi connectivity index (χ2n) is 4.50. The lowest BCUT2D eigenvalue weighted by Gasteiger charge is -2.12. The Kier molecular flexibility index (Phi) is 5.15. The summed E-state index contributed by atoms with van der Waals surface area (Å²) in [6, 6.07) is 3.63. The number of halogens is 4. The van der Waals surface area contributed by atoms with Crippen molar-refractivity contribution >= 4 is 15.9 Å². The maximum atomic E-state index is 12.0. The van der Waals surface area contributed by atoms with Crippen molar-refractivity contribution in [2.24, 2.45) is 0 Å². The first-order chi connectivity index (χ1) is 9.46. The molecule has 20 heavy (non-hydrogen) atoms. The summed E-state index contributed by atoms with van der Waals surface area (Å²) in [7, 11) is 0. The number of hydrogen-bond acceptors (Lipinski definition) is 3. The highest BCUT2D eigenvalue weighted by atomic mass is 79.9. The third-order valence-electron chi connectivity index (χ3n) is 2.78. The van der Waals surface area contributed by atoms with Crippen LogP contribution >= 0.6 is 15.9 Å². The maximum absolute atomic E-state index is 12.0. The van der Waals surface area contributed by atoms with Gasteiger partial charge in [-0.15, -0.1) is 0 Å². The molecule has 1 aromatic carbocycles. The minimum absolute atomic E-state index is 0.102. The summed E-state index contributed by atoms with van der Waals surface area (Å²) < 4.78 is 48.0. The van der Waals surface area contributed by atoms with Crippen molar-refractivity contribution in [2.45, 2.75) is 25.6 Å². The van der Waals surface area contributed by atoms with E-state index in [9.17, 15) is 13.2 Å². The molecule has 0 radical (unpaired) electrons. The normalized spacial score (nSPS) is 15.0. The quantitative estimate of drug-likeness (QED) is 0.838. The zero-order chi connectivity index (χ0) is 14.6. The Morgan fingerprint density at radius 1 is 1.20 bits per heavy atom. The molecule has 3 nitrogen and oxygen atoms in total. The van der Waals surface area contributed by atoms with Gasteiger partial charge in [-0.25, -0.2) is 0 Å². The van der Waals surface area contributed by atoms with Gasteiger partial charge in [0, 0.05) is 19.5 Å². The van der Waals surface area contributed by atoms with Gasteiger partial charge in [0.25, 0.3) is 0 Å². The van der Waals surface area contributed by atoms with E-state index in [0.29, 0.717) is 31.3 Å². The van der Waals surface area contributed by atoms with Gasteiger partial charge in [-0.3, -0.25) is 0 Å². The molecule has 1 aromatic rings. The number of nitrogens with one attached hydrogen (secondary N) is 1. The van der Waals surface area contributed by atoms with Gasteiger partial charge in [-0.1, -0.05) is 0 Å². The van der Waals surface area contributed by atoms with Crippen LogP contribution in [0.2, 0.25) is 0 Å². The van der Waals surface area contributed by atoms with Crippen LogP contribution in [0.4, 0.5) is 13.2 Å². The fraction of sp³-hybridized carbons (Fsp3) is 0.538. The molecule has 0 aromatic heterocycles. The van der Waals surface area contributed by atoms with Crippen molar-refractivity contribution < 1.29 is 22.6 Å². The van der Waals surface area contributed by atoms with E-state index >= 15 is 0 Å². The number of alkyl halides is 3. The molecule has 0 fully saturated rings. The number of ether oxygens (including phenoxy) is 2. The topological polar surface area (TPSA) is 30.5 Å². The molecule has 0 aliphatic carbocycles. The molecule has 0 saturated carbocycles. The molecule has 0 atom stereocenters. The summed E-state index contributed by atoms with van der Waals surface area (Å²) >= 11 is 3.40. The predicted molar refractivity (Wildman–Crippen MR) is 72.1 cm³/mol. The third-order valence-corrected chi connectivity index (χ3v) is 3.37. The van der Waals surface area contributed by atoms with Crippen molar-refractivity contribution in [2.75, 3.05) is 19.8 Å². The zero-order valence-electron chi connectivity index (χ0n) is 10.7. The van der Waals surface area contributed by atoms with Gasteiger partial charge in [0.15, 0.2) is 11.5 Å². The van der Waals surface area contributed by atoms with E-state index in [2.05, 4.69) is 21.2 Å². The molecular formula is C13H15BrF3NO2. The number of fused-ring (bicyclic) bond motifs is 1. The maximum Gasteiger partial charge on any atom is 0.390 e. The molecule has 1 N–H and O–H groups in total. The molecule has 1 aliphatic heterocycles. The third kappa shape index (κ3) is 4.56. The number of benzene rings is 1. The molecule has 2 rings (SSSR count). The summed E-state index contributed by atoms with van der Waals surface area (Å²) in [6.07, 6.45) is -4.16. The van der Waals surface area contributed by atoms with Crippen molar-refractivity contribution in [3.05, 3.63) is 22.2 Å². The minimum atomic E-state index is -4.13. The lowest BCUT2D eigenvalue weighted by atomic mass is 10.2. The predicted octanol–water partition coefficient (Wildman–Crippen LogP) is 3.65. The minimum Gasteiger partial charge on any atom is -0.490 e. The Morgan fingerprint density at radius 2 is 1.95 bits per heavy atom. The van der Waals surface area contributed by atoms with Gasteiger partial charge in [0.05, 0.1) is 24.1 Å². The Bertz CT molecular complexity index is 466. The van der Waals surface area contributed by atoms with Crippen molar-refractivity contribution in [3.63, 3.8) is 0 Å². The highest BCUT2D eigenvalue weighted by Crippen LogP contribution is 2.38. The highest BCUT2D eigenvalue weighted by Gasteiger charge is 2.26.